The molecule has 0 saturated heterocycles. The SMILES string of the molecule is COCCCOc1cc(C[C@@H](C[C@H](N)[C@@H](O)C[C@@H](C)C(=O)O)C(C)C)ccc1OCCN. The molecule has 0 aromatic heterocycles. The van der Waals surface area contributed by atoms with Crippen LogP contribution in [0.4, 0.5) is 0 Å². The molecule has 0 spiro atoms. The highest BCUT2D eigenvalue weighted by Crippen LogP contribution is 2.31. The molecule has 0 unspecified atom stereocenters. The van der Waals surface area contributed by atoms with E-state index in [4.69, 9.17) is 30.8 Å². The molecule has 4 atom stereocenters. The number of carbonyl (C=O) groups is 1. The lowest BCUT2D eigenvalue weighted by molar-refractivity contribution is -0.142. The fraction of sp³-hybridized carbons (Fsp3) is 0.708. The maximum Gasteiger partial charge on any atom is 0.306 e. The second-order valence-corrected chi connectivity index (χ2v) is 8.76. The molecule has 6 N–H and O–H groups in total. The summed E-state index contributed by atoms with van der Waals surface area (Å²) in [5.74, 6) is 0.335. The van der Waals surface area contributed by atoms with Gasteiger partial charge in [-0.15, -0.1) is 0 Å². The van der Waals surface area contributed by atoms with E-state index in [1.54, 1.807) is 14.0 Å². The van der Waals surface area contributed by atoms with E-state index in [1.165, 1.54) is 0 Å². The number of carboxylic acid groups (broad SMARTS) is 1. The predicted octanol–water partition coefficient (Wildman–Crippen LogP) is 2.44. The number of rotatable bonds is 17. The second kappa shape index (κ2) is 15.1. The molecule has 0 radical (unpaired) electrons. The third kappa shape index (κ3) is 10.2. The molecule has 0 saturated carbocycles. The normalized spacial score (nSPS) is 15.2. The van der Waals surface area contributed by atoms with Crippen molar-refractivity contribution < 1.29 is 29.2 Å². The Bertz CT molecular complexity index is 670. The molecule has 184 valence electrons. The Hall–Kier alpha value is -1.87. The standard InChI is InChI=1S/C24H42N2O6/c1-16(2)19(15-20(26)21(27)12-17(3)24(28)29)13-18-6-7-22(32-11-8-25)23(14-18)31-10-5-9-30-4/h6-7,14,16-17,19-21,27H,5,8-13,15,25-26H2,1-4H3,(H,28,29)/t17-,19+,20+,21+/m1/s1. The Labute approximate surface area is 192 Å². The average Bonchev–Trinajstić information content (AvgIpc) is 2.75. The van der Waals surface area contributed by atoms with E-state index in [2.05, 4.69) is 13.8 Å². The van der Waals surface area contributed by atoms with Crippen LogP contribution in [0.5, 0.6) is 11.5 Å². The number of ether oxygens (including phenoxy) is 3. The fourth-order valence-corrected chi connectivity index (χ4v) is 3.50. The van der Waals surface area contributed by atoms with Crippen molar-refractivity contribution in [3.63, 3.8) is 0 Å². The summed E-state index contributed by atoms with van der Waals surface area (Å²) in [6, 6.07) is 5.42. The molecule has 0 bridgehead atoms. The van der Waals surface area contributed by atoms with Crippen LogP contribution in [0.2, 0.25) is 0 Å². The first-order valence-electron chi connectivity index (χ1n) is 11.4. The topological polar surface area (TPSA) is 137 Å². The van der Waals surface area contributed by atoms with Crippen molar-refractivity contribution in [3.8, 4) is 11.5 Å². The molecule has 0 aliphatic rings. The Morgan fingerprint density at radius 2 is 1.75 bits per heavy atom. The van der Waals surface area contributed by atoms with Gasteiger partial charge in [0.05, 0.1) is 18.6 Å². The number of aliphatic carboxylic acids is 1. The summed E-state index contributed by atoms with van der Waals surface area (Å²) in [4.78, 5) is 11.1. The zero-order valence-electron chi connectivity index (χ0n) is 20.0. The minimum Gasteiger partial charge on any atom is -0.490 e. The summed E-state index contributed by atoms with van der Waals surface area (Å²) >= 11 is 0. The molecular formula is C24H42N2O6. The summed E-state index contributed by atoms with van der Waals surface area (Å²) in [5.41, 5.74) is 12.9. The quantitative estimate of drug-likeness (QED) is 0.263. The number of benzene rings is 1. The first-order chi connectivity index (χ1) is 15.2. The van der Waals surface area contributed by atoms with Gasteiger partial charge in [-0.25, -0.2) is 0 Å². The number of hydrogen-bond donors (Lipinski definition) is 4. The number of methoxy groups -OCH3 is 1. The third-order valence-electron chi connectivity index (χ3n) is 5.66. The molecule has 0 fully saturated rings. The zero-order valence-corrected chi connectivity index (χ0v) is 20.0. The van der Waals surface area contributed by atoms with Gasteiger partial charge in [-0.1, -0.05) is 26.8 Å². The third-order valence-corrected chi connectivity index (χ3v) is 5.66. The van der Waals surface area contributed by atoms with Gasteiger partial charge in [0.1, 0.15) is 6.61 Å². The lowest BCUT2D eigenvalue weighted by atomic mass is 9.82. The van der Waals surface area contributed by atoms with Crippen molar-refractivity contribution in [3.05, 3.63) is 23.8 Å². The van der Waals surface area contributed by atoms with E-state index < -0.39 is 24.0 Å². The largest absolute Gasteiger partial charge is 0.490 e. The summed E-state index contributed by atoms with van der Waals surface area (Å²) < 4.78 is 16.7. The van der Waals surface area contributed by atoms with Gasteiger partial charge in [0, 0.05) is 32.7 Å². The van der Waals surface area contributed by atoms with Crippen LogP contribution in [0.3, 0.4) is 0 Å². The second-order valence-electron chi connectivity index (χ2n) is 8.76. The summed E-state index contributed by atoms with van der Waals surface area (Å²) in [6.07, 6.45) is 1.43. The molecule has 1 aromatic carbocycles. The minimum absolute atomic E-state index is 0.147. The number of nitrogens with two attached hydrogens (primary N) is 2. The van der Waals surface area contributed by atoms with Crippen LogP contribution in [0.15, 0.2) is 18.2 Å². The molecule has 0 amide bonds. The lowest BCUT2D eigenvalue weighted by Crippen LogP contribution is -2.39. The van der Waals surface area contributed by atoms with E-state index in [-0.39, 0.29) is 12.3 Å². The first kappa shape index (κ1) is 28.2. The summed E-state index contributed by atoms with van der Waals surface area (Å²) in [7, 11) is 1.66. The smallest absolute Gasteiger partial charge is 0.306 e. The van der Waals surface area contributed by atoms with Crippen molar-refractivity contribution in [2.75, 3.05) is 33.5 Å². The summed E-state index contributed by atoms with van der Waals surface area (Å²) in [6.45, 7) is 7.80. The first-order valence-corrected chi connectivity index (χ1v) is 11.4. The van der Waals surface area contributed by atoms with E-state index >= 15 is 0 Å². The van der Waals surface area contributed by atoms with E-state index in [1.807, 2.05) is 18.2 Å². The van der Waals surface area contributed by atoms with Gasteiger partial charge in [-0.05, 0) is 48.8 Å². The van der Waals surface area contributed by atoms with E-state index in [9.17, 15) is 9.90 Å². The van der Waals surface area contributed by atoms with Crippen molar-refractivity contribution in [2.24, 2.45) is 29.2 Å². The Morgan fingerprint density at radius 3 is 2.34 bits per heavy atom. The zero-order chi connectivity index (χ0) is 24.1. The van der Waals surface area contributed by atoms with Crippen molar-refractivity contribution in [1.29, 1.82) is 0 Å². The van der Waals surface area contributed by atoms with Crippen LogP contribution >= 0.6 is 0 Å². The van der Waals surface area contributed by atoms with Gasteiger partial charge < -0.3 is 35.9 Å². The number of aliphatic hydroxyl groups excluding tert-OH is 1. The van der Waals surface area contributed by atoms with Crippen LogP contribution in [-0.2, 0) is 16.0 Å². The molecular weight excluding hydrogens is 412 g/mol. The molecule has 0 aliphatic carbocycles. The number of carboxylic acids is 1. The van der Waals surface area contributed by atoms with Gasteiger partial charge in [0.25, 0.3) is 0 Å². The van der Waals surface area contributed by atoms with Crippen LogP contribution in [0, 0.1) is 17.8 Å². The van der Waals surface area contributed by atoms with E-state index in [0.717, 1.165) is 18.4 Å². The van der Waals surface area contributed by atoms with Gasteiger partial charge in [0.2, 0.25) is 0 Å². The summed E-state index contributed by atoms with van der Waals surface area (Å²) in [5, 5.41) is 19.5. The van der Waals surface area contributed by atoms with Crippen LogP contribution in [0.25, 0.3) is 0 Å². The van der Waals surface area contributed by atoms with Crippen molar-refractivity contribution in [2.45, 2.75) is 58.6 Å². The molecule has 0 aliphatic heterocycles. The highest BCUT2D eigenvalue weighted by Gasteiger charge is 2.26. The molecule has 8 heteroatoms. The van der Waals surface area contributed by atoms with Crippen molar-refractivity contribution in [1.82, 2.24) is 0 Å². The highest BCUT2D eigenvalue weighted by molar-refractivity contribution is 5.69. The Kier molecular flexibility index (Phi) is 13.2. The molecule has 8 nitrogen and oxygen atoms in total. The fourth-order valence-electron chi connectivity index (χ4n) is 3.50. The van der Waals surface area contributed by atoms with Gasteiger partial charge >= 0.3 is 5.97 Å². The molecule has 0 heterocycles. The molecule has 1 rings (SSSR count). The minimum atomic E-state index is -0.924. The molecule has 32 heavy (non-hydrogen) atoms. The van der Waals surface area contributed by atoms with Crippen LogP contribution < -0.4 is 20.9 Å². The lowest BCUT2D eigenvalue weighted by Gasteiger charge is -2.28. The predicted molar refractivity (Wildman–Crippen MR) is 125 cm³/mol. The maximum atomic E-state index is 11.1. The van der Waals surface area contributed by atoms with Gasteiger partial charge in [-0.3, -0.25) is 4.79 Å². The number of aliphatic hydroxyl groups is 1. The van der Waals surface area contributed by atoms with Gasteiger partial charge in [-0.2, -0.15) is 0 Å². The average molecular weight is 455 g/mol. The van der Waals surface area contributed by atoms with Crippen molar-refractivity contribution >= 4 is 5.97 Å². The van der Waals surface area contributed by atoms with E-state index in [0.29, 0.717) is 50.2 Å². The van der Waals surface area contributed by atoms with Crippen LogP contribution in [-0.4, -0.2) is 61.8 Å². The van der Waals surface area contributed by atoms with Gasteiger partial charge in [0.15, 0.2) is 11.5 Å². The monoisotopic (exact) mass is 454 g/mol. The Morgan fingerprint density at radius 1 is 1.06 bits per heavy atom. The Balaban J connectivity index is 2.87. The van der Waals surface area contributed by atoms with Crippen LogP contribution in [0.1, 0.15) is 45.6 Å². The maximum absolute atomic E-state index is 11.1. The highest BCUT2D eigenvalue weighted by atomic mass is 16.5. The number of hydrogen-bond acceptors (Lipinski definition) is 7. The molecule has 1 aromatic rings.